The molecule has 130 valence electrons. The topological polar surface area (TPSA) is 63.9 Å². The normalized spacial score (nSPS) is 10.7. The minimum absolute atomic E-state index is 0.259. The fraction of sp³-hybridized carbons (Fsp3) is 0.389. The Balaban J connectivity index is 2.02. The first-order valence-electron chi connectivity index (χ1n) is 8.06. The van der Waals surface area contributed by atoms with Crippen LogP contribution in [0.5, 0.6) is 11.5 Å². The van der Waals surface area contributed by atoms with E-state index in [4.69, 9.17) is 13.9 Å². The first-order valence-corrected chi connectivity index (χ1v) is 8.06. The number of ether oxygens (including phenoxy) is 2. The zero-order valence-electron chi connectivity index (χ0n) is 14.4. The lowest BCUT2D eigenvalue weighted by atomic mass is 10.2. The van der Waals surface area contributed by atoms with Crippen LogP contribution in [-0.2, 0) is 0 Å². The van der Waals surface area contributed by atoms with Gasteiger partial charge in [-0.25, -0.2) is 0 Å². The van der Waals surface area contributed by atoms with Gasteiger partial charge in [0.05, 0.1) is 13.4 Å². The fourth-order valence-corrected chi connectivity index (χ4v) is 2.29. The van der Waals surface area contributed by atoms with Crippen LogP contribution in [0.15, 0.2) is 41.0 Å². The summed E-state index contributed by atoms with van der Waals surface area (Å²) in [5, 5.41) is 2.78. The monoisotopic (exact) mass is 332 g/mol. The third kappa shape index (κ3) is 4.76. The van der Waals surface area contributed by atoms with Crippen molar-refractivity contribution < 1.29 is 18.7 Å². The van der Waals surface area contributed by atoms with Gasteiger partial charge in [-0.05, 0) is 37.4 Å². The smallest absolute Gasteiger partial charge is 0.291 e. The van der Waals surface area contributed by atoms with Crippen LogP contribution < -0.4 is 14.8 Å². The van der Waals surface area contributed by atoms with Crippen molar-refractivity contribution in [2.45, 2.75) is 13.8 Å². The van der Waals surface area contributed by atoms with Crippen LogP contribution in [0.1, 0.15) is 24.4 Å². The summed E-state index contributed by atoms with van der Waals surface area (Å²) in [6.45, 7) is 7.59. The Morgan fingerprint density at radius 2 is 2.00 bits per heavy atom. The van der Waals surface area contributed by atoms with Gasteiger partial charge in [-0.2, -0.15) is 0 Å². The van der Waals surface area contributed by atoms with Crippen molar-refractivity contribution in [3.8, 4) is 11.5 Å². The Kier molecular flexibility index (Phi) is 6.69. The van der Waals surface area contributed by atoms with Gasteiger partial charge in [0.25, 0.3) is 5.91 Å². The van der Waals surface area contributed by atoms with E-state index in [9.17, 15) is 4.79 Å². The van der Waals surface area contributed by atoms with Gasteiger partial charge in [-0.15, -0.1) is 0 Å². The van der Waals surface area contributed by atoms with Crippen molar-refractivity contribution in [2.24, 2.45) is 0 Å². The van der Waals surface area contributed by atoms with E-state index in [0.717, 1.165) is 19.6 Å². The third-order valence-corrected chi connectivity index (χ3v) is 3.73. The molecule has 1 amide bonds. The Morgan fingerprint density at radius 1 is 1.21 bits per heavy atom. The van der Waals surface area contributed by atoms with Crippen LogP contribution in [0, 0.1) is 0 Å². The van der Waals surface area contributed by atoms with Crippen molar-refractivity contribution in [3.63, 3.8) is 0 Å². The van der Waals surface area contributed by atoms with Gasteiger partial charge in [0, 0.05) is 18.3 Å². The van der Waals surface area contributed by atoms with Crippen LogP contribution in [0.3, 0.4) is 0 Å². The largest absolute Gasteiger partial charge is 0.493 e. The standard InChI is InChI=1S/C18H24N2O4/c1-4-20(5-2)10-12-24-17-13-14(8-9-15(17)22-3)19-18(21)16-7-6-11-23-16/h6-9,11,13H,4-5,10,12H2,1-3H3,(H,19,21). The molecule has 0 spiro atoms. The summed E-state index contributed by atoms with van der Waals surface area (Å²) >= 11 is 0. The molecule has 1 aromatic carbocycles. The van der Waals surface area contributed by atoms with E-state index in [1.807, 2.05) is 0 Å². The molecule has 0 bridgehead atoms. The zero-order valence-corrected chi connectivity index (χ0v) is 14.4. The van der Waals surface area contributed by atoms with Crippen molar-refractivity contribution >= 4 is 11.6 Å². The zero-order chi connectivity index (χ0) is 17.4. The molecule has 2 aromatic rings. The van der Waals surface area contributed by atoms with Gasteiger partial charge in [-0.3, -0.25) is 4.79 Å². The molecule has 0 atom stereocenters. The number of nitrogens with zero attached hydrogens (tertiary/aromatic N) is 1. The lowest BCUT2D eigenvalue weighted by Crippen LogP contribution is -2.28. The molecule has 0 radical (unpaired) electrons. The predicted octanol–water partition coefficient (Wildman–Crippen LogP) is 3.26. The number of benzene rings is 1. The summed E-state index contributed by atoms with van der Waals surface area (Å²) in [7, 11) is 1.59. The summed E-state index contributed by atoms with van der Waals surface area (Å²) < 4.78 is 16.2. The first kappa shape index (κ1) is 17.9. The molecule has 1 N–H and O–H groups in total. The van der Waals surface area contributed by atoms with E-state index < -0.39 is 0 Å². The van der Waals surface area contributed by atoms with E-state index in [0.29, 0.717) is 23.8 Å². The van der Waals surface area contributed by atoms with E-state index in [-0.39, 0.29) is 11.7 Å². The number of methoxy groups -OCH3 is 1. The minimum atomic E-state index is -0.306. The molecule has 0 aliphatic heterocycles. The molecule has 0 fully saturated rings. The summed E-state index contributed by atoms with van der Waals surface area (Å²) in [6, 6.07) is 8.56. The van der Waals surface area contributed by atoms with Gasteiger partial charge >= 0.3 is 0 Å². The van der Waals surface area contributed by atoms with Crippen LogP contribution in [-0.4, -0.2) is 44.2 Å². The van der Waals surface area contributed by atoms with Gasteiger partial charge in [0.1, 0.15) is 6.61 Å². The minimum Gasteiger partial charge on any atom is -0.493 e. The highest BCUT2D eigenvalue weighted by Gasteiger charge is 2.12. The number of furan rings is 1. The number of carbonyl (C=O) groups is 1. The van der Waals surface area contributed by atoms with Crippen LogP contribution in [0.4, 0.5) is 5.69 Å². The number of likely N-dealkylation sites (N-methyl/N-ethyl adjacent to an activating group) is 1. The quantitative estimate of drug-likeness (QED) is 0.763. The number of hydrogen-bond acceptors (Lipinski definition) is 5. The molecule has 1 aromatic heterocycles. The molecule has 0 aliphatic rings. The fourth-order valence-electron chi connectivity index (χ4n) is 2.29. The third-order valence-electron chi connectivity index (χ3n) is 3.73. The highest BCUT2D eigenvalue weighted by molar-refractivity contribution is 6.02. The molecule has 0 unspecified atom stereocenters. The average molecular weight is 332 g/mol. The Labute approximate surface area is 142 Å². The number of nitrogens with one attached hydrogen (secondary N) is 1. The summed E-state index contributed by atoms with van der Waals surface area (Å²) in [6.07, 6.45) is 1.46. The number of hydrogen-bond donors (Lipinski definition) is 1. The average Bonchev–Trinajstić information content (AvgIpc) is 3.14. The summed E-state index contributed by atoms with van der Waals surface area (Å²) in [5.74, 6) is 1.18. The molecule has 2 rings (SSSR count). The molecule has 0 saturated heterocycles. The molecular weight excluding hydrogens is 308 g/mol. The maximum absolute atomic E-state index is 12.0. The maximum Gasteiger partial charge on any atom is 0.291 e. The van der Waals surface area contributed by atoms with Gasteiger partial charge in [0.15, 0.2) is 17.3 Å². The number of anilines is 1. The lowest BCUT2D eigenvalue weighted by Gasteiger charge is -2.19. The van der Waals surface area contributed by atoms with Gasteiger partial charge in [-0.1, -0.05) is 13.8 Å². The summed E-state index contributed by atoms with van der Waals surface area (Å²) in [4.78, 5) is 14.3. The number of rotatable bonds is 9. The van der Waals surface area contributed by atoms with Crippen molar-refractivity contribution in [1.29, 1.82) is 0 Å². The molecular formula is C18H24N2O4. The Hall–Kier alpha value is -2.47. The molecule has 0 saturated carbocycles. The van der Waals surface area contributed by atoms with Crippen LogP contribution >= 0.6 is 0 Å². The van der Waals surface area contributed by atoms with Crippen LogP contribution in [0.25, 0.3) is 0 Å². The summed E-state index contributed by atoms with van der Waals surface area (Å²) in [5.41, 5.74) is 0.620. The maximum atomic E-state index is 12.0. The lowest BCUT2D eigenvalue weighted by molar-refractivity contribution is 0.0996. The molecule has 1 heterocycles. The molecule has 0 aliphatic carbocycles. The highest BCUT2D eigenvalue weighted by Crippen LogP contribution is 2.30. The number of carbonyl (C=O) groups excluding carboxylic acids is 1. The van der Waals surface area contributed by atoms with Gasteiger partial charge in [0.2, 0.25) is 0 Å². The van der Waals surface area contributed by atoms with Crippen molar-refractivity contribution in [3.05, 3.63) is 42.4 Å². The van der Waals surface area contributed by atoms with Gasteiger partial charge < -0.3 is 24.1 Å². The second-order valence-corrected chi connectivity index (χ2v) is 5.17. The predicted molar refractivity (Wildman–Crippen MR) is 92.9 cm³/mol. The van der Waals surface area contributed by atoms with Crippen molar-refractivity contribution in [2.75, 3.05) is 38.7 Å². The molecule has 6 nitrogen and oxygen atoms in total. The molecule has 24 heavy (non-hydrogen) atoms. The SMILES string of the molecule is CCN(CC)CCOc1cc(NC(=O)c2ccco2)ccc1OC. The first-order chi connectivity index (χ1) is 11.7. The van der Waals surface area contributed by atoms with E-state index in [2.05, 4.69) is 24.1 Å². The second-order valence-electron chi connectivity index (χ2n) is 5.17. The Morgan fingerprint density at radius 3 is 2.62 bits per heavy atom. The second kappa shape index (κ2) is 8.98. The van der Waals surface area contributed by atoms with Crippen molar-refractivity contribution in [1.82, 2.24) is 4.90 Å². The highest BCUT2D eigenvalue weighted by atomic mass is 16.5. The van der Waals surface area contributed by atoms with E-state index in [1.165, 1.54) is 6.26 Å². The number of amides is 1. The Bertz CT molecular complexity index is 636. The van der Waals surface area contributed by atoms with Crippen LogP contribution in [0.2, 0.25) is 0 Å². The van der Waals surface area contributed by atoms with E-state index >= 15 is 0 Å². The molecule has 6 heteroatoms. The van der Waals surface area contributed by atoms with E-state index in [1.54, 1.807) is 37.4 Å².